The van der Waals surface area contributed by atoms with Crippen LogP contribution in [-0.4, -0.2) is 85.3 Å². The van der Waals surface area contributed by atoms with Gasteiger partial charge in [0.05, 0.1) is 33.3 Å². The number of aromatic nitrogens is 5. The molecule has 0 spiro atoms. The molecular formula is C32H36ClF2N7O2. The van der Waals surface area contributed by atoms with Crippen LogP contribution in [0.15, 0.2) is 24.5 Å². The number of fused-ring (bicyclic) bond motifs is 3. The molecule has 44 heavy (non-hydrogen) atoms. The fourth-order valence-electron chi connectivity index (χ4n) is 7.28. The van der Waals surface area contributed by atoms with Crippen molar-refractivity contribution in [1.82, 2.24) is 30.0 Å². The predicted molar refractivity (Wildman–Crippen MR) is 167 cm³/mol. The minimum atomic E-state index is -0.931. The normalized spacial score (nSPS) is 26.0. The Labute approximate surface area is 259 Å². The van der Waals surface area contributed by atoms with Gasteiger partial charge in [-0.1, -0.05) is 30.7 Å². The molecule has 0 aliphatic carbocycles. The zero-order chi connectivity index (χ0) is 30.6. The monoisotopic (exact) mass is 623 g/mol. The van der Waals surface area contributed by atoms with E-state index < -0.39 is 23.1 Å². The van der Waals surface area contributed by atoms with Crippen molar-refractivity contribution in [3.8, 4) is 17.3 Å². The molecule has 232 valence electrons. The van der Waals surface area contributed by atoms with Crippen molar-refractivity contribution in [3.05, 3.63) is 40.9 Å². The molecule has 0 unspecified atom stereocenters. The first-order valence-corrected chi connectivity index (χ1v) is 15.7. The lowest BCUT2D eigenvalue weighted by atomic mass is 9.95. The Morgan fingerprint density at radius 1 is 1.20 bits per heavy atom. The molecule has 1 aromatic carbocycles. The van der Waals surface area contributed by atoms with Crippen LogP contribution in [-0.2, 0) is 0 Å². The smallest absolute Gasteiger partial charge is 0.319 e. The third-order valence-electron chi connectivity index (χ3n) is 9.34. The number of pyridine rings is 1. The molecule has 6 heterocycles. The van der Waals surface area contributed by atoms with Gasteiger partial charge in [-0.2, -0.15) is 15.1 Å². The van der Waals surface area contributed by atoms with E-state index in [0.717, 1.165) is 32.2 Å². The molecule has 0 bridgehead atoms. The summed E-state index contributed by atoms with van der Waals surface area (Å²) < 4.78 is 37.6. The second-order valence-electron chi connectivity index (χ2n) is 12.7. The van der Waals surface area contributed by atoms with Gasteiger partial charge in [-0.3, -0.25) is 15.0 Å². The van der Waals surface area contributed by atoms with E-state index in [9.17, 15) is 9.50 Å². The van der Waals surface area contributed by atoms with Crippen LogP contribution >= 0.6 is 11.6 Å². The molecule has 0 radical (unpaired) electrons. The summed E-state index contributed by atoms with van der Waals surface area (Å²) in [5.74, 6) is -0.190. The molecule has 2 N–H and O–H groups in total. The molecule has 0 amide bonds. The molecule has 3 saturated heterocycles. The Hall–Kier alpha value is -3.41. The lowest BCUT2D eigenvalue weighted by Crippen LogP contribution is -2.46. The largest absolute Gasteiger partial charge is 0.461 e. The molecule has 12 heteroatoms. The van der Waals surface area contributed by atoms with Crippen LogP contribution in [0.2, 0.25) is 5.02 Å². The molecule has 7 rings (SSSR count). The summed E-state index contributed by atoms with van der Waals surface area (Å²) in [6, 6.07) is 1.79. The maximum atomic E-state index is 16.9. The van der Waals surface area contributed by atoms with Crippen molar-refractivity contribution in [1.29, 1.82) is 0 Å². The third kappa shape index (κ3) is 5.08. The highest BCUT2D eigenvalue weighted by atomic mass is 35.5. The summed E-state index contributed by atoms with van der Waals surface area (Å²) in [4.78, 5) is 18.1. The van der Waals surface area contributed by atoms with E-state index in [-0.39, 0.29) is 23.8 Å². The van der Waals surface area contributed by atoms with Crippen LogP contribution < -0.4 is 9.64 Å². The van der Waals surface area contributed by atoms with Gasteiger partial charge in [0.25, 0.3) is 0 Å². The Balaban J connectivity index is 1.38. The highest BCUT2D eigenvalue weighted by molar-refractivity contribution is 6.33. The Morgan fingerprint density at radius 3 is 2.86 bits per heavy atom. The maximum Gasteiger partial charge on any atom is 0.319 e. The van der Waals surface area contributed by atoms with Crippen molar-refractivity contribution in [2.75, 3.05) is 37.7 Å². The number of piperidine rings is 1. The zero-order valence-electron chi connectivity index (χ0n) is 24.9. The summed E-state index contributed by atoms with van der Waals surface area (Å²) in [5, 5.41) is 19.5. The van der Waals surface area contributed by atoms with Gasteiger partial charge in [-0.25, -0.2) is 8.78 Å². The SMILES string of the molecule is CC/C=C\c1c(Cl)cc2[nH]ncc2c1-c1ncc2c(N3CCC[C@@](C)(O)C3)nc(OC[C@@]34CCCN3C[C@H](F)C4)nc2c1F. The molecule has 3 atom stereocenters. The molecule has 4 aromatic rings. The fraction of sp³-hybridized carbons (Fsp3) is 0.500. The standard InChI is InChI=1S/C32H36ClF2N7O2/c1-3-4-7-20-23(33)12-24-21(15-37-40-24)25(20)28-26(35)27-22(14-36-28)29(41-10-5-8-31(2,43)17-41)39-30(38-27)44-18-32-9-6-11-42(32)16-19(34)13-32/h4,7,12,14-15,19,43H,3,5-6,8-11,13,16-18H2,1-2H3,(H,37,40)/b7-4-/t19-,31-,32+/m1/s1. The molecule has 3 aliphatic rings. The summed E-state index contributed by atoms with van der Waals surface area (Å²) in [6.07, 6.45) is 10.5. The first kappa shape index (κ1) is 29.3. The zero-order valence-corrected chi connectivity index (χ0v) is 25.7. The van der Waals surface area contributed by atoms with E-state index in [1.54, 1.807) is 25.4 Å². The second-order valence-corrected chi connectivity index (χ2v) is 13.1. The van der Waals surface area contributed by atoms with Gasteiger partial charge in [0.1, 0.15) is 29.8 Å². The number of hydrogen-bond acceptors (Lipinski definition) is 8. The number of rotatable bonds is 7. The molecular weight excluding hydrogens is 588 g/mol. The quantitative estimate of drug-likeness (QED) is 0.255. The number of alkyl halides is 1. The summed E-state index contributed by atoms with van der Waals surface area (Å²) in [7, 11) is 0. The number of β-amino-alcohol motifs (C(OH)–C–C–N with tert-alkyl or cyclic N) is 1. The minimum absolute atomic E-state index is 0.0166. The number of nitrogens with one attached hydrogen (secondary N) is 1. The van der Waals surface area contributed by atoms with E-state index in [0.29, 0.717) is 70.7 Å². The van der Waals surface area contributed by atoms with Gasteiger partial charge >= 0.3 is 6.01 Å². The highest BCUT2D eigenvalue weighted by Gasteiger charge is 2.49. The minimum Gasteiger partial charge on any atom is -0.461 e. The summed E-state index contributed by atoms with van der Waals surface area (Å²) in [5.41, 5.74) is 0.592. The fourth-order valence-corrected chi connectivity index (χ4v) is 7.54. The van der Waals surface area contributed by atoms with Crippen LogP contribution in [0, 0.1) is 5.82 Å². The number of aliphatic hydroxyl groups is 1. The van der Waals surface area contributed by atoms with Gasteiger partial charge in [0.15, 0.2) is 5.82 Å². The van der Waals surface area contributed by atoms with E-state index in [1.807, 2.05) is 24.0 Å². The number of benzene rings is 1. The number of ether oxygens (including phenoxy) is 1. The van der Waals surface area contributed by atoms with Gasteiger partial charge in [-0.15, -0.1) is 0 Å². The molecule has 3 aromatic heterocycles. The van der Waals surface area contributed by atoms with Crippen molar-refractivity contribution in [2.24, 2.45) is 0 Å². The number of anilines is 1. The molecule has 9 nitrogen and oxygen atoms in total. The van der Waals surface area contributed by atoms with E-state index in [4.69, 9.17) is 21.3 Å². The maximum absolute atomic E-state index is 16.9. The number of nitrogens with zero attached hydrogens (tertiary/aromatic N) is 6. The average molecular weight is 624 g/mol. The second kappa shape index (κ2) is 11.2. The van der Waals surface area contributed by atoms with Gasteiger partial charge in [-0.05, 0) is 51.6 Å². The van der Waals surface area contributed by atoms with E-state index in [1.165, 1.54) is 0 Å². The molecule has 0 saturated carbocycles. The van der Waals surface area contributed by atoms with Crippen LogP contribution in [0.1, 0.15) is 57.9 Å². The van der Waals surface area contributed by atoms with Crippen LogP contribution in [0.3, 0.4) is 0 Å². The Bertz CT molecular complexity index is 1760. The Morgan fingerprint density at radius 2 is 2.05 bits per heavy atom. The van der Waals surface area contributed by atoms with Crippen molar-refractivity contribution in [3.63, 3.8) is 0 Å². The predicted octanol–water partition coefficient (Wildman–Crippen LogP) is 6.09. The van der Waals surface area contributed by atoms with Gasteiger partial charge in [0.2, 0.25) is 0 Å². The number of allylic oxidation sites excluding steroid dienone is 1. The first-order chi connectivity index (χ1) is 21.2. The number of hydrogen-bond donors (Lipinski definition) is 2. The summed E-state index contributed by atoms with van der Waals surface area (Å²) in [6.45, 7) is 6.19. The van der Waals surface area contributed by atoms with Gasteiger partial charge < -0.3 is 14.7 Å². The number of halogens is 3. The lowest BCUT2D eigenvalue weighted by molar-refractivity contribution is 0.0447. The lowest BCUT2D eigenvalue weighted by Gasteiger charge is -2.38. The van der Waals surface area contributed by atoms with Crippen LogP contribution in [0.25, 0.3) is 39.1 Å². The first-order valence-electron chi connectivity index (χ1n) is 15.4. The third-order valence-corrected chi connectivity index (χ3v) is 9.65. The molecule has 3 fully saturated rings. The molecule has 3 aliphatic heterocycles. The van der Waals surface area contributed by atoms with Crippen molar-refractivity contribution >= 4 is 45.3 Å². The topological polar surface area (TPSA) is 103 Å². The van der Waals surface area contributed by atoms with Crippen LogP contribution in [0.4, 0.5) is 14.6 Å². The van der Waals surface area contributed by atoms with Crippen LogP contribution in [0.5, 0.6) is 6.01 Å². The Kier molecular flexibility index (Phi) is 7.45. The highest BCUT2D eigenvalue weighted by Crippen LogP contribution is 2.42. The van der Waals surface area contributed by atoms with E-state index in [2.05, 4.69) is 25.1 Å². The van der Waals surface area contributed by atoms with Crippen molar-refractivity contribution in [2.45, 2.75) is 69.7 Å². The number of H-pyrrole nitrogens is 1. The number of aromatic amines is 1. The van der Waals surface area contributed by atoms with E-state index >= 15 is 4.39 Å². The van der Waals surface area contributed by atoms with Gasteiger partial charge in [0, 0.05) is 48.8 Å². The van der Waals surface area contributed by atoms with Crippen molar-refractivity contribution < 1.29 is 18.6 Å². The average Bonchev–Trinajstić information content (AvgIpc) is 3.68. The summed E-state index contributed by atoms with van der Waals surface area (Å²) >= 11 is 6.70.